The fourth-order valence-corrected chi connectivity index (χ4v) is 3.18. The van der Waals surface area contributed by atoms with Crippen LogP contribution in [0.25, 0.3) is 5.82 Å². The summed E-state index contributed by atoms with van der Waals surface area (Å²) in [6.07, 6.45) is 2.73. The number of fused-ring (bicyclic) bond motifs is 1. The van der Waals surface area contributed by atoms with Gasteiger partial charge in [0, 0.05) is 18.2 Å². The van der Waals surface area contributed by atoms with Gasteiger partial charge in [0.25, 0.3) is 0 Å². The Kier molecular flexibility index (Phi) is 3.67. The molecule has 0 aliphatic carbocycles. The van der Waals surface area contributed by atoms with Gasteiger partial charge in [0.05, 0.1) is 11.7 Å². The second kappa shape index (κ2) is 5.88. The molecule has 0 spiro atoms. The summed E-state index contributed by atoms with van der Waals surface area (Å²) < 4.78 is 7.80. The van der Waals surface area contributed by atoms with Gasteiger partial charge in [0.2, 0.25) is 0 Å². The molecule has 1 unspecified atom stereocenters. The molecule has 4 rings (SSSR count). The SMILES string of the molecule is Cc1ccn(-c2ccc(NC3CC(C)(C)Oc4ccccc43)nn2)n1. The first kappa shape index (κ1) is 15.6. The van der Waals surface area contributed by atoms with E-state index in [0.717, 1.165) is 29.2 Å². The highest BCUT2D eigenvalue weighted by Crippen LogP contribution is 2.40. The molecule has 0 radical (unpaired) electrons. The Balaban J connectivity index is 1.58. The summed E-state index contributed by atoms with van der Waals surface area (Å²) in [7, 11) is 0. The zero-order valence-electron chi connectivity index (χ0n) is 14.6. The summed E-state index contributed by atoms with van der Waals surface area (Å²) in [6, 6.07) is 14.1. The summed E-state index contributed by atoms with van der Waals surface area (Å²) in [5.74, 6) is 2.37. The molecule has 1 aliphatic rings. The van der Waals surface area contributed by atoms with Crippen molar-refractivity contribution >= 4 is 5.82 Å². The molecule has 1 aliphatic heterocycles. The fourth-order valence-electron chi connectivity index (χ4n) is 3.18. The van der Waals surface area contributed by atoms with Crippen LogP contribution in [0.15, 0.2) is 48.7 Å². The molecule has 2 aromatic heterocycles. The van der Waals surface area contributed by atoms with Gasteiger partial charge in [0.15, 0.2) is 5.82 Å². The molecule has 1 N–H and O–H groups in total. The standard InChI is InChI=1S/C19H21N5O/c1-13-10-11-24(23-13)18-9-8-17(21-22-18)20-15-12-19(2,3)25-16-7-5-4-6-14(15)16/h4-11,15H,12H2,1-3H3,(H,20,21). The molecule has 6 heteroatoms. The zero-order valence-corrected chi connectivity index (χ0v) is 14.6. The maximum absolute atomic E-state index is 6.08. The third-order valence-corrected chi connectivity index (χ3v) is 4.31. The van der Waals surface area contributed by atoms with Gasteiger partial charge in [-0.15, -0.1) is 10.2 Å². The summed E-state index contributed by atoms with van der Waals surface area (Å²) >= 11 is 0. The summed E-state index contributed by atoms with van der Waals surface area (Å²) in [5, 5.41) is 16.4. The molecule has 0 fully saturated rings. The van der Waals surface area contributed by atoms with Crippen molar-refractivity contribution in [1.82, 2.24) is 20.0 Å². The van der Waals surface area contributed by atoms with Crippen LogP contribution in [0.4, 0.5) is 5.82 Å². The van der Waals surface area contributed by atoms with Gasteiger partial charge >= 0.3 is 0 Å². The number of aromatic nitrogens is 4. The van der Waals surface area contributed by atoms with Crippen LogP contribution < -0.4 is 10.1 Å². The third-order valence-electron chi connectivity index (χ3n) is 4.31. The normalized spacial score (nSPS) is 18.3. The van der Waals surface area contributed by atoms with Crippen LogP contribution in [-0.4, -0.2) is 25.6 Å². The monoisotopic (exact) mass is 335 g/mol. The van der Waals surface area contributed by atoms with Crippen LogP contribution >= 0.6 is 0 Å². The average molecular weight is 335 g/mol. The van der Waals surface area contributed by atoms with Gasteiger partial charge in [-0.3, -0.25) is 0 Å². The molecule has 1 aromatic carbocycles. The molecule has 0 amide bonds. The largest absolute Gasteiger partial charge is 0.487 e. The predicted molar refractivity (Wildman–Crippen MR) is 96.0 cm³/mol. The number of benzene rings is 1. The highest BCUT2D eigenvalue weighted by atomic mass is 16.5. The molecular weight excluding hydrogens is 314 g/mol. The lowest BCUT2D eigenvalue weighted by molar-refractivity contribution is 0.0758. The van der Waals surface area contributed by atoms with Crippen LogP contribution in [0.2, 0.25) is 0 Å². The lowest BCUT2D eigenvalue weighted by Crippen LogP contribution is -2.37. The van der Waals surface area contributed by atoms with Crippen LogP contribution in [0.3, 0.4) is 0 Å². The van der Waals surface area contributed by atoms with Crippen molar-refractivity contribution < 1.29 is 4.74 Å². The highest BCUT2D eigenvalue weighted by molar-refractivity contribution is 5.45. The number of nitrogens with zero attached hydrogens (tertiary/aromatic N) is 4. The topological polar surface area (TPSA) is 64.9 Å². The Labute approximate surface area is 146 Å². The number of nitrogens with one attached hydrogen (secondary N) is 1. The molecule has 6 nitrogen and oxygen atoms in total. The van der Waals surface area contributed by atoms with Gasteiger partial charge in [-0.2, -0.15) is 5.10 Å². The predicted octanol–water partition coefficient (Wildman–Crippen LogP) is 3.69. The average Bonchev–Trinajstić information content (AvgIpc) is 3.01. The van der Waals surface area contributed by atoms with E-state index in [9.17, 15) is 0 Å². The number of ether oxygens (including phenoxy) is 1. The van der Waals surface area contributed by atoms with Crippen LogP contribution in [-0.2, 0) is 0 Å². The Morgan fingerprint density at radius 1 is 1.12 bits per heavy atom. The third kappa shape index (κ3) is 3.20. The van der Waals surface area contributed by atoms with Gasteiger partial charge in [-0.25, -0.2) is 4.68 Å². The minimum absolute atomic E-state index is 0.132. The van der Waals surface area contributed by atoms with E-state index in [1.807, 2.05) is 49.5 Å². The Bertz CT molecular complexity index is 885. The minimum Gasteiger partial charge on any atom is -0.487 e. The molecule has 25 heavy (non-hydrogen) atoms. The molecule has 3 aromatic rings. The maximum atomic E-state index is 6.08. The van der Waals surface area contributed by atoms with Gasteiger partial charge < -0.3 is 10.1 Å². The van der Waals surface area contributed by atoms with Gasteiger partial charge in [-0.05, 0) is 45.0 Å². The van der Waals surface area contributed by atoms with Gasteiger partial charge in [0.1, 0.15) is 17.2 Å². The summed E-state index contributed by atoms with van der Waals surface area (Å²) in [4.78, 5) is 0. The molecule has 128 valence electrons. The van der Waals surface area contributed by atoms with Crippen molar-refractivity contribution in [2.45, 2.75) is 38.8 Å². The molecule has 1 atom stereocenters. The maximum Gasteiger partial charge on any atom is 0.175 e. The highest BCUT2D eigenvalue weighted by Gasteiger charge is 2.33. The van der Waals surface area contributed by atoms with Gasteiger partial charge in [-0.1, -0.05) is 18.2 Å². The molecule has 0 bridgehead atoms. The number of rotatable bonds is 3. The van der Waals surface area contributed by atoms with E-state index in [1.165, 1.54) is 0 Å². The van der Waals surface area contributed by atoms with Crippen molar-refractivity contribution in [1.29, 1.82) is 0 Å². The molecule has 3 heterocycles. The Morgan fingerprint density at radius 3 is 2.68 bits per heavy atom. The smallest absolute Gasteiger partial charge is 0.175 e. The number of hydrogen-bond donors (Lipinski definition) is 1. The Hall–Kier alpha value is -2.89. The second-order valence-corrected chi connectivity index (χ2v) is 6.98. The molecule has 0 saturated carbocycles. The van der Waals surface area contributed by atoms with Crippen molar-refractivity contribution in [3.63, 3.8) is 0 Å². The Morgan fingerprint density at radius 2 is 1.96 bits per heavy atom. The number of para-hydroxylation sites is 1. The van der Waals surface area contributed by atoms with Crippen LogP contribution in [0, 0.1) is 6.92 Å². The van der Waals surface area contributed by atoms with E-state index in [4.69, 9.17) is 4.74 Å². The molecule has 0 saturated heterocycles. The van der Waals surface area contributed by atoms with Crippen LogP contribution in [0.5, 0.6) is 5.75 Å². The van der Waals surface area contributed by atoms with Crippen molar-refractivity contribution in [2.75, 3.05) is 5.32 Å². The first-order chi connectivity index (χ1) is 12.0. The van der Waals surface area contributed by atoms with E-state index >= 15 is 0 Å². The molecular formula is C19H21N5O. The second-order valence-electron chi connectivity index (χ2n) is 6.98. The minimum atomic E-state index is -0.230. The van der Waals surface area contributed by atoms with E-state index in [-0.39, 0.29) is 11.6 Å². The van der Waals surface area contributed by atoms with Crippen molar-refractivity contribution in [3.05, 3.63) is 59.9 Å². The van der Waals surface area contributed by atoms with E-state index < -0.39 is 0 Å². The fraction of sp³-hybridized carbons (Fsp3) is 0.316. The van der Waals surface area contributed by atoms with E-state index in [0.29, 0.717) is 5.82 Å². The van der Waals surface area contributed by atoms with Crippen molar-refractivity contribution in [2.24, 2.45) is 0 Å². The van der Waals surface area contributed by atoms with Crippen LogP contribution in [0.1, 0.15) is 37.6 Å². The lowest BCUT2D eigenvalue weighted by atomic mass is 9.90. The first-order valence-electron chi connectivity index (χ1n) is 8.41. The quantitative estimate of drug-likeness (QED) is 0.791. The summed E-state index contributed by atoms with van der Waals surface area (Å²) in [5.41, 5.74) is 1.87. The van der Waals surface area contributed by atoms with E-state index in [1.54, 1.807) is 4.68 Å². The van der Waals surface area contributed by atoms with E-state index in [2.05, 4.69) is 40.5 Å². The summed E-state index contributed by atoms with van der Waals surface area (Å²) in [6.45, 7) is 6.16. The van der Waals surface area contributed by atoms with Crippen molar-refractivity contribution in [3.8, 4) is 11.6 Å². The zero-order chi connectivity index (χ0) is 17.4. The number of anilines is 1. The first-order valence-corrected chi connectivity index (χ1v) is 8.41. The lowest BCUT2D eigenvalue weighted by Gasteiger charge is -2.38. The number of hydrogen-bond acceptors (Lipinski definition) is 5. The number of aryl methyl sites for hydroxylation is 1.